The number of benzene rings is 1. The number of nitrogens with zero attached hydrogens (tertiary/aromatic N) is 6. The first kappa shape index (κ1) is 22.8. The van der Waals surface area contributed by atoms with E-state index in [1.807, 2.05) is 22.8 Å². The van der Waals surface area contributed by atoms with Gasteiger partial charge in [-0.2, -0.15) is 4.98 Å². The van der Waals surface area contributed by atoms with Gasteiger partial charge < -0.3 is 14.6 Å². The van der Waals surface area contributed by atoms with Crippen molar-refractivity contribution < 1.29 is 14.3 Å². The lowest BCUT2D eigenvalue weighted by atomic mass is 10.2. The second kappa shape index (κ2) is 8.69. The summed E-state index contributed by atoms with van der Waals surface area (Å²) in [4.78, 5) is 63.6. The van der Waals surface area contributed by atoms with Crippen LogP contribution in [0.15, 0.2) is 33.9 Å². The number of rotatable bonds is 5. The number of aryl methyl sites for hydroxylation is 1. The van der Waals surface area contributed by atoms with E-state index in [4.69, 9.17) is 4.74 Å². The fraction of sp³-hybridized carbons (Fsp3) is 0.435. The molecule has 1 aromatic carbocycles. The minimum Gasteiger partial charge on any atom is -0.492 e. The number of carbonyl (C=O) groups is 2. The Bertz CT molecular complexity index is 1430. The number of imidazole rings is 1. The number of hydrogen-bond acceptors (Lipinski definition) is 8. The zero-order valence-corrected chi connectivity index (χ0v) is 19.9. The Kier molecular flexibility index (Phi) is 5.67. The summed E-state index contributed by atoms with van der Waals surface area (Å²) >= 11 is 0. The Morgan fingerprint density at radius 3 is 2.46 bits per heavy atom. The number of aromatic nitrogens is 4. The Morgan fingerprint density at radius 1 is 1.03 bits per heavy atom. The highest BCUT2D eigenvalue weighted by atomic mass is 16.5. The van der Waals surface area contributed by atoms with Gasteiger partial charge in [0.25, 0.3) is 11.5 Å². The van der Waals surface area contributed by atoms with Gasteiger partial charge in [-0.3, -0.25) is 28.4 Å². The number of hydrogen-bond donors (Lipinski definition) is 1. The first-order valence-corrected chi connectivity index (χ1v) is 11.5. The van der Waals surface area contributed by atoms with E-state index in [2.05, 4.69) is 9.97 Å². The molecule has 2 saturated heterocycles. The van der Waals surface area contributed by atoms with Crippen LogP contribution in [0.4, 0.5) is 11.6 Å². The highest BCUT2D eigenvalue weighted by Crippen LogP contribution is 2.33. The van der Waals surface area contributed by atoms with Gasteiger partial charge in [0.05, 0.1) is 24.8 Å². The molecule has 0 spiro atoms. The molecule has 12 heteroatoms. The summed E-state index contributed by atoms with van der Waals surface area (Å²) in [6.45, 7) is 4.45. The molecule has 5 rings (SSSR count). The molecular formula is C23H27N7O5. The summed E-state index contributed by atoms with van der Waals surface area (Å²) in [6.07, 6.45) is 0.113. The SMILES string of the molecule is CCOc1ccccc1N1C(=O)CC(N2CCN(c3nc4c([nH]3)c(=O)n(C)c(=O)n4C)CC2)C1=O. The predicted octanol–water partition coefficient (Wildman–Crippen LogP) is -0.187. The van der Waals surface area contributed by atoms with Crippen LogP contribution in [-0.2, 0) is 23.7 Å². The van der Waals surface area contributed by atoms with Gasteiger partial charge in [-0.1, -0.05) is 12.1 Å². The number of fused-ring (bicyclic) bond motifs is 1. The molecule has 1 N–H and O–H groups in total. The monoisotopic (exact) mass is 481 g/mol. The molecule has 2 aromatic heterocycles. The van der Waals surface area contributed by atoms with Gasteiger partial charge in [0.2, 0.25) is 11.9 Å². The van der Waals surface area contributed by atoms with Crippen LogP contribution >= 0.6 is 0 Å². The standard InChI is InChI=1S/C23H27N7O5/c1-4-35-16-8-6-5-7-14(16)30-17(31)13-15(20(30)32)28-9-11-29(12-10-28)22-24-18-19(25-22)26(2)23(34)27(3)21(18)33/h5-8,15H,4,9-13H2,1-3H3,(H,24,25). The molecule has 0 bridgehead atoms. The molecule has 1 unspecified atom stereocenters. The number of aromatic amines is 1. The molecule has 2 amide bonds. The van der Waals surface area contributed by atoms with Gasteiger partial charge in [0.15, 0.2) is 11.2 Å². The van der Waals surface area contributed by atoms with Crippen LogP contribution in [-0.4, -0.2) is 74.6 Å². The van der Waals surface area contributed by atoms with Crippen molar-refractivity contribution in [3.63, 3.8) is 0 Å². The van der Waals surface area contributed by atoms with Gasteiger partial charge in [-0.15, -0.1) is 0 Å². The maximum atomic E-state index is 13.3. The number of para-hydroxylation sites is 2. The van der Waals surface area contributed by atoms with Crippen molar-refractivity contribution in [1.29, 1.82) is 0 Å². The van der Waals surface area contributed by atoms with E-state index in [-0.39, 0.29) is 23.8 Å². The topological polar surface area (TPSA) is 126 Å². The average Bonchev–Trinajstić information content (AvgIpc) is 3.44. The number of piperazine rings is 1. The highest BCUT2D eigenvalue weighted by molar-refractivity contribution is 6.23. The van der Waals surface area contributed by atoms with Gasteiger partial charge >= 0.3 is 5.69 Å². The lowest BCUT2D eigenvalue weighted by Crippen LogP contribution is -2.53. The number of anilines is 2. The van der Waals surface area contributed by atoms with Crippen LogP contribution in [0.5, 0.6) is 5.75 Å². The van der Waals surface area contributed by atoms with Crippen molar-refractivity contribution in [1.82, 2.24) is 24.0 Å². The third-order valence-corrected chi connectivity index (χ3v) is 6.67. The number of nitrogens with one attached hydrogen (secondary N) is 1. The Balaban J connectivity index is 1.32. The molecule has 12 nitrogen and oxygen atoms in total. The molecule has 4 heterocycles. The lowest BCUT2D eigenvalue weighted by Gasteiger charge is -2.36. The quantitative estimate of drug-likeness (QED) is 0.497. The van der Waals surface area contributed by atoms with Crippen LogP contribution in [0, 0.1) is 0 Å². The maximum Gasteiger partial charge on any atom is 0.332 e. The highest BCUT2D eigenvalue weighted by Gasteiger charge is 2.44. The van der Waals surface area contributed by atoms with Crippen LogP contribution in [0.2, 0.25) is 0 Å². The second-order valence-corrected chi connectivity index (χ2v) is 8.68. The zero-order chi connectivity index (χ0) is 24.9. The van der Waals surface area contributed by atoms with Gasteiger partial charge in [0.1, 0.15) is 5.75 Å². The third-order valence-electron chi connectivity index (χ3n) is 6.67. The average molecular weight is 482 g/mol. The second-order valence-electron chi connectivity index (χ2n) is 8.68. The summed E-state index contributed by atoms with van der Waals surface area (Å²) in [5.74, 6) is 0.508. The van der Waals surface area contributed by atoms with Crippen molar-refractivity contribution in [3.8, 4) is 5.75 Å². The van der Waals surface area contributed by atoms with E-state index in [9.17, 15) is 19.2 Å². The summed E-state index contributed by atoms with van der Waals surface area (Å²) in [7, 11) is 3.00. The fourth-order valence-corrected chi connectivity index (χ4v) is 4.78. The summed E-state index contributed by atoms with van der Waals surface area (Å²) in [5.41, 5.74) is 0.177. The van der Waals surface area contributed by atoms with Crippen LogP contribution < -0.4 is 25.8 Å². The van der Waals surface area contributed by atoms with E-state index in [0.29, 0.717) is 55.8 Å². The number of amides is 2. The van der Waals surface area contributed by atoms with E-state index in [1.54, 1.807) is 25.2 Å². The Hall–Kier alpha value is -3.93. The van der Waals surface area contributed by atoms with Crippen LogP contribution in [0.3, 0.4) is 0 Å². The molecule has 2 aliphatic rings. The Labute approximate surface area is 200 Å². The normalized spacial score (nSPS) is 19.2. The first-order valence-electron chi connectivity index (χ1n) is 11.5. The Morgan fingerprint density at radius 2 is 1.74 bits per heavy atom. The molecule has 2 fully saturated rings. The molecule has 184 valence electrons. The number of ether oxygens (including phenoxy) is 1. The first-order chi connectivity index (χ1) is 16.8. The fourth-order valence-electron chi connectivity index (χ4n) is 4.78. The molecule has 1 atom stereocenters. The molecule has 3 aromatic rings. The van der Waals surface area contributed by atoms with Gasteiger partial charge in [-0.05, 0) is 19.1 Å². The number of H-pyrrole nitrogens is 1. The van der Waals surface area contributed by atoms with Crippen molar-refractivity contribution in [3.05, 3.63) is 45.1 Å². The third kappa shape index (κ3) is 3.70. The summed E-state index contributed by atoms with van der Waals surface area (Å²) in [6, 6.07) is 6.52. The van der Waals surface area contributed by atoms with E-state index < -0.39 is 17.3 Å². The molecule has 0 saturated carbocycles. The molecule has 2 aliphatic heterocycles. The number of imide groups is 1. The minimum atomic E-state index is -0.539. The minimum absolute atomic E-state index is 0.113. The van der Waals surface area contributed by atoms with Crippen molar-refractivity contribution in [2.24, 2.45) is 14.1 Å². The molecule has 0 aliphatic carbocycles. The van der Waals surface area contributed by atoms with Crippen molar-refractivity contribution in [2.45, 2.75) is 19.4 Å². The van der Waals surface area contributed by atoms with E-state index in [1.165, 1.54) is 16.5 Å². The number of carbonyl (C=O) groups excluding carboxylic acids is 2. The van der Waals surface area contributed by atoms with Crippen molar-refractivity contribution in [2.75, 3.05) is 42.6 Å². The largest absolute Gasteiger partial charge is 0.492 e. The van der Waals surface area contributed by atoms with Crippen molar-refractivity contribution >= 4 is 34.6 Å². The summed E-state index contributed by atoms with van der Waals surface area (Å²) in [5, 5.41) is 0. The molecular weight excluding hydrogens is 454 g/mol. The predicted molar refractivity (Wildman–Crippen MR) is 129 cm³/mol. The van der Waals surface area contributed by atoms with E-state index in [0.717, 1.165) is 4.57 Å². The van der Waals surface area contributed by atoms with Crippen LogP contribution in [0.1, 0.15) is 13.3 Å². The zero-order valence-electron chi connectivity index (χ0n) is 19.9. The smallest absolute Gasteiger partial charge is 0.332 e. The maximum absolute atomic E-state index is 13.3. The summed E-state index contributed by atoms with van der Waals surface area (Å²) < 4.78 is 8.00. The lowest BCUT2D eigenvalue weighted by molar-refractivity contribution is -0.123. The van der Waals surface area contributed by atoms with E-state index >= 15 is 0 Å². The molecule has 35 heavy (non-hydrogen) atoms. The van der Waals surface area contributed by atoms with Gasteiger partial charge in [-0.25, -0.2) is 9.69 Å². The molecule has 0 radical (unpaired) electrons. The van der Waals surface area contributed by atoms with Crippen LogP contribution in [0.25, 0.3) is 11.2 Å². The van der Waals surface area contributed by atoms with Gasteiger partial charge in [0, 0.05) is 40.3 Å².